The van der Waals surface area contributed by atoms with E-state index in [0.717, 1.165) is 18.8 Å². The Morgan fingerprint density at radius 3 is 2.62 bits per heavy atom. The zero-order valence-electron chi connectivity index (χ0n) is 9.69. The number of hydrogen-bond acceptors (Lipinski definition) is 3. The number of hydrogen-bond donors (Lipinski definition) is 1. The molecule has 0 spiro atoms. The average Bonchev–Trinajstić information content (AvgIpc) is 2.84. The van der Waals surface area contributed by atoms with Crippen LogP contribution in [0.15, 0.2) is 12.2 Å². The summed E-state index contributed by atoms with van der Waals surface area (Å²) in [5.41, 5.74) is 6.15. The summed E-state index contributed by atoms with van der Waals surface area (Å²) in [6, 6.07) is -0.407. The van der Waals surface area contributed by atoms with Gasteiger partial charge in [-0.3, -0.25) is 4.79 Å². The molecular formula is C13H19NO2. The van der Waals surface area contributed by atoms with E-state index in [0.29, 0.717) is 11.8 Å². The zero-order valence-corrected chi connectivity index (χ0v) is 9.69. The number of nitrogens with two attached hydrogens (primary N) is 1. The molecule has 0 radical (unpaired) electrons. The molecule has 0 heterocycles. The molecule has 4 atom stereocenters. The molecule has 3 rings (SSSR count). The lowest BCUT2D eigenvalue weighted by Gasteiger charge is -2.31. The predicted octanol–water partition coefficient (Wildman–Crippen LogP) is 1.48. The fourth-order valence-electron chi connectivity index (χ4n) is 3.86. The van der Waals surface area contributed by atoms with Crippen LogP contribution in [-0.4, -0.2) is 19.1 Å². The monoisotopic (exact) mass is 221 g/mol. The quantitative estimate of drug-likeness (QED) is 0.580. The van der Waals surface area contributed by atoms with Crippen LogP contribution in [0.25, 0.3) is 0 Å². The van der Waals surface area contributed by atoms with Gasteiger partial charge in [-0.15, -0.1) is 0 Å². The van der Waals surface area contributed by atoms with Gasteiger partial charge in [0.05, 0.1) is 7.11 Å². The van der Waals surface area contributed by atoms with Crippen molar-refractivity contribution in [3.05, 3.63) is 12.2 Å². The van der Waals surface area contributed by atoms with Gasteiger partial charge in [-0.1, -0.05) is 12.2 Å². The highest BCUT2D eigenvalue weighted by atomic mass is 16.5. The molecule has 0 saturated heterocycles. The maximum Gasteiger partial charge on any atom is 0.323 e. The third-order valence-corrected chi connectivity index (χ3v) is 4.92. The molecule has 3 heteroatoms. The highest BCUT2D eigenvalue weighted by molar-refractivity contribution is 5.77. The molecule has 2 saturated carbocycles. The maximum atomic E-state index is 11.6. The first-order valence-corrected chi connectivity index (χ1v) is 6.19. The number of esters is 1. The van der Waals surface area contributed by atoms with Gasteiger partial charge < -0.3 is 10.5 Å². The molecule has 0 amide bonds. The van der Waals surface area contributed by atoms with Crippen molar-refractivity contribution in [3.63, 3.8) is 0 Å². The third kappa shape index (κ3) is 1.27. The predicted molar refractivity (Wildman–Crippen MR) is 60.5 cm³/mol. The first-order valence-electron chi connectivity index (χ1n) is 6.19. The lowest BCUT2D eigenvalue weighted by molar-refractivity contribution is -0.144. The maximum absolute atomic E-state index is 11.6. The lowest BCUT2D eigenvalue weighted by Crippen LogP contribution is -2.45. The van der Waals surface area contributed by atoms with E-state index in [1.54, 1.807) is 0 Å². The van der Waals surface area contributed by atoms with Crippen LogP contribution in [0.1, 0.15) is 25.7 Å². The summed E-state index contributed by atoms with van der Waals surface area (Å²) >= 11 is 0. The van der Waals surface area contributed by atoms with Crippen molar-refractivity contribution in [3.8, 4) is 0 Å². The number of fused-ring (bicyclic) bond motifs is 2. The summed E-state index contributed by atoms with van der Waals surface area (Å²) in [5.74, 6) is 1.81. The van der Waals surface area contributed by atoms with Gasteiger partial charge in [0.2, 0.25) is 0 Å². The van der Waals surface area contributed by atoms with E-state index in [1.807, 2.05) is 0 Å². The Morgan fingerprint density at radius 2 is 2.19 bits per heavy atom. The van der Waals surface area contributed by atoms with Gasteiger partial charge in [-0.25, -0.2) is 0 Å². The van der Waals surface area contributed by atoms with Crippen LogP contribution in [0, 0.1) is 23.2 Å². The number of rotatable bonds is 3. The Kier molecular flexibility index (Phi) is 2.15. The van der Waals surface area contributed by atoms with Crippen molar-refractivity contribution in [1.29, 1.82) is 0 Å². The van der Waals surface area contributed by atoms with Crippen LogP contribution in [0.2, 0.25) is 0 Å². The van der Waals surface area contributed by atoms with E-state index < -0.39 is 6.04 Å². The van der Waals surface area contributed by atoms with Gasteiger partial charge in [0.25, 0.3) is 0 Å². The molecule has 0 aromatic heterocycles. The normalized spacial score (nSPS) is 39.8. The number of carbonyl (C=O) groups excluding carboxylic acids is 1. The van der Waals surface area contributed by atoms with Crippen molar-refractivity contribution < 1.29 is 9.53 Å². The number of methoxy groups -OCH3 is 1. The molecule has 3 nitrogen and oxygen atoms in total. The van der Waals surface area contributed by atoms with Crippen LogP contribution in [0.5, 0.6) is 0 Å². The molecule has 16 heavy (non-hydrogen) atoms. The Labute approximate surface area is 96.0 Å². The fourth-order valence-corrected chi connectivity index (χ4v) is 3.86. The van der Waals surface area contributed by atoms with E-state index in [2.05, 4.69) is 12.2 Å². The standard InChI is InChI=1S/C13H19NO2/c1-16-12(15)11(14)13(4-5-13)10-7-8-2-3-9(10)6-8/h2-3,8-11H,4-7,14H2,1H3. The second kappa shape index (κ2) is 3.33. The summed E-state index contributed by atoms with van der Waals surface area (Å²) in [4.78, 5) is 11.6. The van der Waals surface area contributed by atoms with Crippen molar-refractivity contribution in [2.75, 3.05) is 7.11 Å². The van der Waals surface area contributed by atoms with Crippen LogP contribution in [0.4, 0.5) is 0 Å². The Hall–Kier alpha value is -0.830. The van der Waals surface area contributed by atoms with E-state index >= 15 is 0 Å². The van der Waals surface area contributed by atoms with Crippen molar-refractivity contribution in [2.24, 2.45) is 28.9 Å². The van der Waals surface area contributed by atoms with Gasteiger partial charge in [0, 0.05) is 0 Å². The van der Waals surface area contributed by atoms with E-state index in [9.17, 15) is 4.79 Å². The topological polar surface area (TPSA) is 52.3 Å². The summed E-state index contributed by atoms with van der Waals surface area (Å²) in [5, 5.41) is 0. The largest absolute Gasteiger partial charge is 0.468 e. The lowest BCUT2D eigenvalue weighted by atomic mass is 9.75. The van der Waals surface area contributed by atoms with Crippen molar-refractivity contribution in [2.45, 2.75) is 31.7 Å². The first-order chi connectivity index (χ1) is 7.67. The summed E-state index contributed by atoms with van der Waals surface area (Å²) in [6.07, 6.45) is 9.38. The third-order valence-electron chi connectivity index (χ3n) is 4.92. The Balaban J connectivity index is 1.79. The van der Waals surface area contributed by atoms with Gasteiger partial charge in [-0.2, -0.15) is 0 Å². The van der Waals surface area contributed by atoms with Gasteiger partial charge in [0.15, 0.2) is 0 Å². The highest BCUT2D eigenvalue weighted by Crippen LogP contribution is 2.63. The molecular weight excluding hydrogens is 202 g/mol. The molecule has 88 valence electrons. The number of ether oxygens (including phenoxy) is 1. The number of allylic oxidation sites excluding steroid dienone is 2. The number of carbonyl (C=O) groups is 1. The van der Waals surface area contributed by atoms with E-state index in [4.69, 9.17) is 10.5 Å². The van der Waals surface area contributed by atoms with Crippen LogP contribution >= 0.6 is 0 Å². The fraction of sp³-hybridized carbons (Fsp3) is 0.769. The van der Waals surface area contributed by atoms with Crippen LogP contribution < -0.4 is 5.73 Å². The first kappa shape index (κ1) is 10.3. The molecule has 3 aliphatic carbocycles. The molecule has 4 unspecified atom stereocenters. The molecule has 2 N–H and O–H groups in total. The Bertz CT molecular complexity index is 346. The minimum Gasteiger partial charge on any atom is -0.468 e. The van der Waals surface area contributed by atoms with E-state index in [-0.39, 0.29) is 11.4 Å². The minimum atomic E-state index is -0.407. The van der Waals surface area contributed by atoms with E-state index in [1.165, 1.54) is 20.0 Å². The molecule has 0 aliphatic heterocycles. The van der Waals surface area contributed by atoms with Crippen LogP contribution in [0.3, 0.4) is 0 Å². The molecule has 2 fully saturated rings. The molecule has 2 bridgehead atoms. The van der Waals surface area contributed by atoms with Crippen LogP contribution in [-0.2, 0) is 9.53 Å². The molecule has 3 aliphatic rings. The van der Waals surface area contributed by atoms with Crippen molar-refractivity contribution >= 4 is 5.97 Å². The van der Waals surface area contributed by atoms with Crippen molar-refractivity contribution in [1.82, 2.24) is 0 Å². The van der Waals surface area contributed by atoms with Gasteiger partial charge in [0.1, 0.15) is 6.04 Å². The average molecular weight is 221 g/mol. The Morgan fingerprint density at radius 1 is 1.44 bits per heavy atom. The molecule has 0 aromatic rings. The summed E-state index contributed by atoms with van der Waals surface area (Å²) < 4.78 is 4.80. The van der Waals surface area contributed by atoms with Gasteiger partial charge in [-0.05, 0) is 48.9 Å². The summed E-state index contributed by atoms with van der Waals surface area (Å²) in [6.45, 7) is 0. The second-order valence-electron chi connectivity index (χ2n) is 5.62. The highest BCUT2D eigenvalue weighted by Gasteiger charge is 2.60. The van der Waals surface area contributed by atoms with Gasteiger partial charge >= 0.3 is 5.97 Å². The second-order valence-corrected chi connectivity index (χ2v) is 5.62. The zero-order chi connectivity index (χ0) is 11.3. The molecule has 0 aromatic carbocycles. The smallest absolute Gasteiger partial charge is 0.323 e. The SMILES string of the molecule is COC(=O)C(N)C1(C2CC3C=CC2C3)CC1. The summed E-state index contributed by atoms with van der Waals surface area (Å²) in [7, 11) is 1.43. The minimum absolute atomic E-state index is 0.0667.